The summed E-state index contributed by atoms with van der Waals surface area (Å²) in [6, 6.07) is 4.94. The molecule has 1 N–H and O–H groups in total. The van der Waals surface area contributed by atoms with Crippen LogP contribution in [0, 0.1) is 10.8 Å². The van der Waals surface area contributed by atoms with E-state index in [0.29, 0.717) is 16.9 Å². The Morgan fingerprint density at radius 3 is 2.27 bits per heavy atom. The van der Waals surface area contributed by atoms with E-state index in [9.17, 15) is 0 Å². The lowest BCUT2D eigenvalue weighted by molar-refractivity contribution is 0.457. The van der Waals surface area contributed by atoms with Crippen molar-refractivity contribution in [2.45, 2.75) is 40.3 Å². The third kappa shape index (κ3) is 1.90. The second-order valence-electron chi connectivity index (χ2n) is 5.46. The molecule has 0 aliphatic heterocycles. The van der Waals surface area contributed by atoms with E-state index in [-0.39, 0.29) is 0 Å². The lowest BCUT2D eigenvalue weighted by Gasteiger charge is -2.03. The minimum absolute atomic E-state index is 0.432. The van der Waals surface area contributed by atoms with Gasteiger partial charge in [-0.15, -0.1) is 11.3 Å². The van der Waals surface area contributed by atoms with Crippen LogP contribution in [0.5, 0.6) is 0 Å². The van der Waals surface area contributed by atoms with Crippen LogP contribution in [0.15, 0.2) is 15.9 Å². The van der Waals surface area contributed by atoms with Crippen molar-refractivity contribution >= 4 is 27.3 Å². The normalized spacial score (nSPS) is 23.0. The maximum absolute atomic E-state index is 3.66. The maximum Gasteiger partial charge on any atom is 0.0701 e. The average Bonchev–Trinajstić information content (AvgIpc) is 2.50. The fraction of sp³-hybridized carbons (Fsp3) is 0.667. The van der Waals surface area contributed by atoms with E-state index in [1.54, 1.807) is 0 Å². The largest absolute Gasteiger partial charge is 0.308 e. The van der Waals surface area contributed by atoms with Crippen molar-refractivity contribution in [3.63, 3.8) is 0 Å². The van der Waals surface area contributed by atoms with Gasteiger partial charge in [-0.05, 0) is 38.9 Å². The molecule has 1 aromatic rings. The second kappa shape index (κ2) is 3.57. The van der Waals surface area contributed by atoms with Crippen LogP contribution in [0.4, 0.5) is 0 Å². The van der Waals surface area contributed by atoms with Crippen LogP contribution in [0.25, 0.3) is 0 Å². The quantitative estimate of drug-likeness (QED) is 0.885. The van der Waals surface area contributed by atoms with Gasteiger partial charge in [0.05, 0.1) is 3.79 Å². The van der Waals surface area contributed by atoms with Crippen molar-refractivity contribution in [2.24, 2.45) is 10.8 Å². The first-order valence-electron chi connectivity index (χ1n) is 5.33. The van der Waals surface area contributed by atoms with Crippen molar-refractivity contribution in [2.75, 3.05) is 0 Å². The molecular weight excluding hydrogens is 270 g/mol. The molecule has 1 aliphatic rings. The lowest BCUT2D eigenvalue weighted by atomic mass is 10.0. The molecule has 2 rings (SSSR count). The third-order valence-corrected chi connectivity index (χ3v) is 5.75. The summed E-state index contributed by atoms with van der Waals surface area (Å²) in [6.45, 7) is 10.4. The third-order valence-electron chi connectivity index (χ3n) is 4.13. The van der Waals surface area contributed by atoms with Crippen LogP contribution < -0.4 is 5.32 Å². The van der Waals surface area contributed by atoms with Gasteiger partial charge in [-0.3, -0.25) is 0 Å². The van der Waals surface area contributed by atoms with Crippen LogP contribution in [-0.4, -0.2) is 6.04 Å². The Hall–Kier alpha value is 0.140. The van der Waals surface area contributed by atoms with E-state index in [0.717, 1.165) is 6.54 Å². The summed E-state index contributed by atoms with van der Waals surface area (Å²) in [7, 11) is 0. The van der Waals surface area contributed by atoms with Crippen LogP contribution in [-0.2, 0) is 6.54 Å². The zero-order chi connectivity index (χ0) is 11.3. The van der Waals surface area contributed by atoms with Gasteiger partial charge in [0.15, 0.2) is 0 Å². The Morgan fingerprint density at radius 1 is 1.27 bits per heavy atom. The average molecular weight is 288 g/mol. The number of halogens is 1. The lowest BCUT2D eigenvalue weighted by Crippen LogP contribution is -2.21. The minimum atomic E-state index is 0.432. The Labute approximate surface area is 104 Å². The van der Waals surface area contributed by atoms with Crippen molar-refractivity contribution in [3.8, 4) is 0 Å². The van der Waals surface area contributed by atoms with E-state index in [1.807, 2.05) is 11.3 Å². The Morgan fingerprint density at radius 2 is 1.87 bits per heavy atom. The monoisotopic (exact) mass is 287 g/mol. The highest BCUT2D eigenvalue weighted by atomic mass is 79.9. The predicted molar refractivity (Wildman–Crippen MR) is 70.2 cm³/mol. The van der Waals surface area contributed by atoms with Crippen molar-refractivity contribution in [1.82, 2.24) is 5.32 Å². The summed E-state index contributed by atoms with van der Waals surface area (Å²) >= 11 is 5.30. The van der Waals surface area contributed by atoms with E-state index >= 15 is 0 Å². The summed E-state index contributed by atoms with van der Waals surface area (Å²) in [4.78, 5) is 1.40. The molecule has 0 unspecified atom stereocenters. The zero-order valence-electron chi connectivity index (χ0n) is 9.73. The van der Waals surface area contributed by atoms with Crippen molar-refractivity contribution in [1.29, 1.82) is 0 Å². The van der Waals surface area contributed by atoms with Gasteiger partial charge in [-0.2, -0.15) is 0 Å². The molecule has 0 bridgehead atoms. The molecule has 3 heteroatoms. The molecule has 0 amide bonds. The SMILES string of the molecule is CC1(C)C(NCc2ccc(Br)s2)C1(C)C. The standard InChI is InChI=1S/C12H18BrNS/c1-11(2)10(12(11,3)4)14-7-8-5-6-9(13)15-8/h5-6,10,14H,7H2,1-4H3. The van der Waals surface area contributed by atoms with Gasteiger partial charge in [-0.25, -0.2) is 0 Å². The van der Waals surface area contributed by atoms with Crippen LogP contribution in [0.3, 0.4) is 0 Å². The molecule has 84 valence electrons. The van der Waals surface area contributed by atoms with Crippen LogP contribution in [0.2, 0.25) is 0 Å². The summed E-state index contributed by atoms with van der Waals surface area (Å²) in [5.41, 5.74) is 0.864. The summed E-state index contributed by atoms with van der Waals surface area (Å²) in [6.07, 6.45) is 0. The van der Waals surface area contributed by atoms with Gasteiger partial charge >= 0.3 is 0 Å². The van der Waals surface area contributed by atoms with E-state index in [1.165, 1.54) is 8.66 Å². The number of hydrogen-bond acceptors (Lipinski definition) is 2. The Balaban J connectivity index is 1.91. The van der Waals surface area contributed by atoms with Crippen molar-refractivity contribution in [3.05, 3.63) is 20.8 Å². The summed E-state index contributed by atoms with van der Waals surface area (Å²) in [5.74, 6) is 0. The number of hydrogen-bond donors (Lipinski definition) is 1. The fourth-order valence-electron chi connectivity index (χ4n) is 2.36. The van der Waals surface area contributed by atoms with E-state index < -0.39 is 0 Å². The molecule has 1 heterocycles. The van der Waals surface area contributed by atoms with Crippen LogP contribution in [0.1, 0.15) is 32.6 Å². The first kappa shape index (κ1) is 11.6. The van der Waals surface area contributed by atoms with Gasteiger partial charge in [0.25, 0.3) is 0 Å². The smallest absolute Gasteiger partial charge is 0.0701 e. The van der Waals surface area contributed by atoms with Gasteiger partial charge < -0.3 is 5.32 Å². The molecule has 1 aliphatic carbocycles. The van der Waals surface area contributed by atoms with Gasteiger partial charge in [0, 0.05) is 17.5 Å². The molecule has 1 saturated carbocycles. The number of nitrogens with one attached hydrogen (secondary N) is 1. The van der Waals surface area contributed by atoms with Crippen LogP contribution >= 0.6 is 27.3 Å². The van der Waals surface area contributed by atoms with E-state index in [2.05, 4.69) is 61.1 Å². The van der Waals surface area contributed by atoms with Gasteiger partial charge in [-0.1, -0.05) is 27.7 Å². The molecule has 0 saturated heterocycles. The predicted octanol–water partition coefficient (Wildman–Crippen LogP) is 4.03. The number of thiophene rings is 1. The molecule has 15 heavy (non-hydrogen) atoms. The van der Waals surface area contributed by atoms with Gasteiger partial charge in [0.1, 0.15) is 0 Å². The second-order valence-corrected chi connectivity index (χ2v) is 8.01. The molecule has 0 spiro atoms. The molecule has 1 nitrogen and oxygen atoms in total. The maximum atomic E-state index is 3.66. The van der Waals surface area contributed by atoms with Crippen molar-refractivity contribution < 1.29 is 0 Å². The fourth-order valence-corrected chi connectivity index (χ4v) is 3.79. The molecule has 1 aromatic heterocycles. The molecule has 1 fully saturated rings. The zero-order valence-corrected chi connectivity index (χ0v) is 12.1. The highest BCUT2D eigenvalue weighted by Gasteiger charge is 2.64. The highest BCUT2D eigenvalue weighted by molar-refractivity contribution is 9.11. The molecule has 0 radical (unpaired) electrons. The minimum Gasteiger partial charge on any atom is -0.308 e. The summed E-state index contributed by atoms with van der Waals surface area (Å²) < 4.78 is 1.22. The first-order chi connectivity index (χ1) is 6.85. The first-order valence-corrected chi connectivity index (χ1v) is 6.94. The van der Waals surface area contributed by atoms with E-state index in [4.69, 9.17) is 0 Å². The Kier molecular flexibility index (Phi) is 2.77. The Bertz CT molecular complexity index is 353. The molecule has 0 aromatic carbocycles. The molecule has 0 atom stereocenters. The summed E-state index contributed by atoms with van der Waals surface area (Å²) in [5, 5.41) is 3.66. The van der Waals surface area contributed by atoms with Gasteiger partial charge in [0.2, 0.25) is 0 Å². The number of rotatable bonds is 3. The highest BCUT2D eigenvalue weighted by Crippen LogP contribution is 2.62. The molecular formula is C12H18BrNS. The topological polar surface area (TPSA) is 12.0 Å².